The highest BCUT2D eigenvalue weighted by atomic mass is 15.2. The van der Waals surface area contributed by atoms with Crippen molar-refractivity contribution in [3.63, 3.8) is 0 Å². The van der Waals surface area contributed by atoms with Crippen LogP contribution in [0.1, 0.15) is 72.1 Å². The molecule has 2 heteroatoms. The first-order valence-corrected chi connectivity index (χ1v) is 8.49. The Balaban J connectivity index is 2.02. The van der Waals surface area contributed by atoms with Gasteiger partial charge in [-0.3, -0.25) is 4.90 Å². The van der Waals surface area contributed by atoms with Crippen molar-refractivity contribution in [2.24, 2.45) is 17.1 Å². The van der Waals surface area contributed by atoms with Gasteiger partial charge in [-0.05, 0) is 56.5 Å². The summed E-state index contributed by atoms with van der Waals surface area (Å²) >= 11 is 0. The van der Waals surface area contributed by atoms with E-state index in [4.69, 9.17) is 5.73 Å². The van der Waals surface area contributed by atoms with E-state index in [-0.39, 0.29) is 0 Å². The Labute approximate surface area is 120 Å². The Kier molecular flexibility index (Phi) is 4.94. The minimum absolute atomic E-state index is 0.333. The van der Waals surface area contributed by atoms with Gasteiger partial charge in [0, 0.05) is 12.1 Å². The quantitative estimate of drug-likeness (QED) is 0.787. The molecule has 19 heavy (non-hydrogen) atoms. The number of nitrogens with zero attached hydrogens (tertiary/aromatic N) is 1. The number of piperidine rings is 1. The van der Waals surface area contributed by atoms with E-state index in [0.29, 0.717) is 11.0 Å². The molecular formula is C17H34N2. The second-order valence-electron chi connectivity index (χ2n) is 7.62. The number of rotatable bonds is 3. The summed E-state index contributed by atoms with van der Waals surface area (Å²) < 4.78 is 0. The van der Waals surface area contributed by atoms with Crippen molar-refractivity contribution in [3.05, 3.63) is 0 Å². The smallest absolute Gasteiger partial charge is 0.0331 e. The molecule has 0 spiro atoms. The van der Waals surface area contributed by atoms with Crippen LogP contribution in [0, 0.1) is 11.3 Å². The zero-order valence-electron chi connectivity index (χ0n) is 13.4. The van der Waals surface area contributed by atoms with E-state index in [2.05, 4.69) is 25.7 Å². The molecule has 0 bridgehead atoms. The molecule has 0 aromatic heterocycles. The Bertz CT molecular complexity index is 281. The Morgan fingerprint density at radius 3 is 2.37 bits per heavy atom. The van der Waals surface area contributed by atoms with Crippen molar-refractivity contribution in [1.82, 2.24) is 4.90 Å². The average Bonchev–Trinajstić information content (AvgIpc) is 2.62. The lowest BCUT2D eigenvalue weighted by Crippen LogP contribution is -2.57. The minimum atomic E-state index is 0.333. The average molecular weight is 266 g/mol. The summed E-state index contributed by atoms with van der Waals surface area (Å²) in [6.07, 6.45) is 10.9. The molecular weight excluding hydrogens is 232 g/mol. The summed E-state index contributed by atoms with van der Waals surface area (Å²) in [6, 6.07) is 0. The highest BCUT2D eigenvalue weighted by molar-refractivity contribution is 4.97. The van der Waals surface area contributed by atoms with Crippen LogP contribution in [-0.2, 0) is 0 Å². The molecule has 2 unspecified atom stereocenters. The van der Waals surface area contributed by atoms with Crippen molar-refractivity contribution < 1.29 is 0 Å². The van der Waals surface area contributed by atoms with Gasteiger partial charge in [0.05, 0.1) is 0 Å². The van der Waals surface area contributed by atoms with Gasteiger partial charge in [-0.2, -0.15) is 0 Å². The fourth-order valence-corrected chi connectivity index (χ4v) is 4.09. The van der Waals surface area contributed by atoms with Gasteiger partial charge < -0.3 is 5.73 Å². The topological polar surface area (TPSA) is 29.3 Å². The van der Waals surface area contributed by atoms with Crippen LogP contribution in [0.2, 0.25) is 0 Å². The highest BCUT2D eigenvalue weighted by Crippen LogP contribution is 2.40. The van der Waals surface area contributed by atoms with Gasteiger partial charge in [0.1, 0.15) is 0 Å². The molecule has 1 saturated carbocycles. The van der Waals surface area contributed by atoms with Crippen molar-refractivity contribution in [2.75, 3.05) is 19.6 Å². The maximum atomic E-state index is 6.24. The zero-order chi connectivity index (χ0) is 13.9. The van der Waals surface area contributed by atoms with Gasteiger partial charge in [-0.1, -0.05) is 40.0 Å². The van der Waals surface area contributed by atoms with E-state index >= 15 is 0 Å². The Morgan fingerprint density at radius 2 is 1.79 bits per heavy atom. The Morgan fingerprint density at radius 1 is 1.11 bits per heavy atom. The summed E-state index contributed by atoms with van der Waals surface area (Å²) in [6.45, 7) is 10.6. The number of hydrogen-bond acceptors (Lipinski definition) is 2. The van der Waals surface area contributed by atoms with Crippen LogP contribution in [0.25, 0.3) is 0 Å². The predicted octanol–water partition coefficient (Wildman–Crippen LogP) is 3.80. The molecule has 0 amide bonds. The van der Waals surface area contributed by atoms with Crippen molar-refractivity contribution in [2.45, 2.75) is 77.7 Å². The van der Waals surface area contributed by atoms with Crippen LogP contribution in [0.4, 0.5) is 0 Å². The van der Waals surface area contributed by atoms with Gasteiger partial charge >= 0.3 is 0 Å². The molecule has 2 N–H and O–H groups in total. The van der Waals surface area contributed by atoms with Gasteiger partial charge in [0.25, 0.3) is 0 Å². The first-order chi connectivity index (χ1) is 9.03. The van der Waals surface area contributed by atoms with Crippen LogP contribution in [0.3, 0.4) is 0 Å². The lowest BCUT2D eigenvalue weighted by atomic mass is 9.76. The Hall–Kier alpha value is -0.0800. The summed E-state index contributed by atoms with van der Waals surface area (Å²) in [5.74, 6) is 0.902. The van der Waals surface area contributed by atoms with E-state index in [0.717, 1.165) is 12.5 Å². The third-order valence-corrected chi connectivity index (χ3v) is 6.32. The van der Waals surface area contributed by atoms with Gasteiger partial charge in [0.15, 0.2) is 0 Å². The van der Waals surface area contributed by atoms with Crippen molar-refractivity contribution >= 4 is 0 Å². The molecule has 2 rings (SSSR count). The molecule has 0 radical (unpaired) electrons. The van der Waals surface area contributed by atoms with Gasteiger partial charge in [0.2, 0.25) is 0 Å². The first-order valence-electron chi connectivity index (χ1n) is 8.49. The second kappa shape index (κ2) is 6.13. The third-order valence-electron chi connectivity index (χ3n) is 6.32. The zero-order valence-corrected chi connectivity index (χ0v) is 13.4. The normalized spacial score (nSPS) is 36.9. The van der Waals surface area contributed by atoms with Crippen LogP contribution < -0.4 is 5.73 Å². The number of hydrogen-bond donors (Lipinski definition) is 1. The summed E-state index contributed by atoms with van der Waals surface area (Å²) in [4.78, 5) is 2.77. The maximum absolute atomic E-state index is 6.24. The van der Waals surface area contributed by atoms with E-state index in [1.54, 1.807) is 0 Å². The lowest BCUT2D eigenvalue weighted by molar-refractivity contribution is 0.0152. The third kappa shape index (κ3) is 3.33. The molecule has 2 atom stereocenters. The first kappa shape index (κ1) is 15.3. The summed E-state index contributed by atoms with van der Waals surface area (Å²) in [7, 11) is 0. The van der Waals surface area contributed by atoms with Crippen LogP contribution in [0.5, 0.6) is 0 Å². The molecule has 2 nitrogen and oxygen atoms in total. The summed E-state index contributed by atoms with van der Waals surface area (Å²) in [5.41, 5.74) is 7.16. The number of nitrogens with two attached hydrogens (primary N) is 1. The van der Waals surface area contributed by atoms with Crippen molar-refractivity contribution in [3.8, 4) is 0 Å². The highest BCUT2D eigenvalue weighted by Gasteiger charge is 2.40. The van der Waals surface area contributed by atoms with Gasteiger partial charge in [-0.15, -0.1) is 0 Å². The van der Waals surface area contributed by atoms with Gasteiger partial charge in [-0.25, -0.2) is 0 Å². The maximum Gasteiger partial charge on any atom is 0.0331 e. The van der Waals surface area contributed by atoms with Crippen molar-refractivity contribution in [1.29, 1.82) is 0 Å². The van der Waals surface area contributed by atoms with E-state index in [1.165, 1.54) is 64.5 Å². The molecule has 0 aromatic rings. The fourth-order valence-electron chi connectivity index (χ4n) is 4.09. The molecule has 1 heterocycles. The molecule has 0 aromatic carbocycles. The lowest BCUT2D eigenvalue weighted by Gasteiger charge is -2.49. The SMILES string of the molecule is CCC1(C)CCN(C2(CN)CCCC(C)CC2)CC1. The monoisotopic (exact) mass is 266 g/mol. The van der Waals surface area contributed by atoms with Crippen LogP contribution in [-0.4, -0.2) is 30.1 Å². The molecule has 112 valence electrons. The van der Waals surface area contributed by atoms with Crippen LogP contribution in [0.15, 0.2) is 0 Å². The standard InChI is InChI=1S/C17H34N2/c1-4-16(3)10-12-19(13-11-16)17(14-18)8-5-6-15(2)7-9-17/h15H,4-14,18H2,1-3H3. The molecule has 2 aliphatic rings. The minimum Gasteiger partial charge on any atom is -0.329 e. The van der Waals surface area contributed by atoms with E-state index in [1.807, 2.05) is 0 Å². The molecule has 1 aliphatic carbocycles. The molecule has 1 saturated heterocycles. The molecule has 2 fully saturated rings. The number of likely N-dealkylation sites (tertiary alicyclic amines) is 1. The second-order valence-corrected chi connectivity index (χ2v) is 7.62. The predicted molar refractivity (Wildman–Crippen MR) is 83.2 cm³/mol. The summed E-state index contributed by atoms with van der Waals surface area (Å²) in [5, 5.41) is 0. The van der Waals surface area contributed by atoms with E-state index < -0.39 is 0 Å². The fraction of sp³-hybridized carbons (Fsp3) is 1.00. The van der Waals surface area contributed by atoms with E-state index in [9.17, 15) is 0 Å². The van der Waals surface area contributed by atoms with Crippen LogP contribution >= 0.6 is 0 Å². The molecule has 1 aliphatic heterocycles. The largest absolute Gasteiger partial charge is 0.329 e.